The second kappa shape index (κ2) is 4.49. The van der Waals surface area contributed by atoms with Crippen LogP contribution in [0.3, 0.4) is 0 Å². The molecule has 0 amide bonds. The molecule has 1 atom stereocenters. The molecule has 0 aliphatic rings. The minimum absolute atomic E-state index is 0.334. The fourth-order valence-corrected chi connectivity index (χ4v) is 1.71. The van der Waals surface area contributed by atoms with Gasteiger partial charge in [0.15, 0.2) is 5.65 Å². The Kier molecular flexibility index (Phi) is 3.06. The van der Waals surface area contributed by atoms with Crippen molar-refractivity contribution in [2.24, 2.45) is 0 Å². The molecule has 0 radical (unpaired) electrons. The molecule has 2 rings (SSSR count). The van der Waals surface area contributed by atoms with Gasteiger partial charge in [0.2, 0.25) is 0 Å². The van der Waals surface area contributed by atoms with Gasteiger partial charge in [0, 0.05) is 24.2 Å². The van der Waals surface area contributed by atoms with E-state index in [4.69, 9.17) is 11.6 Å². The Morgan fingerprint density at radius 2 is 2.40 bits per heavy atom. The van der Waals surface area contributed by atoms with E-state index in [9.17, 15) is 0 Å². The molecule has 4 nitrogen and oxygen atoms in total. The zero-order chi connectivity index (χ0) is 10.7. The van der Waals surface area contributed by atoms with Crippen LogP contribution in [0.25, 0.3) is 5.65 Å². The van der Waals surface area contributed by atoms with Crippen molar-refractivity contribution in [2.45, 2.75) is 19.4 Å². The average Bonchev–Trinajstić information content (AvgIpc) is 2.65. The topological polar surface area (TPSA) is 42.2 Å². The van der Waals surface area contributed by atoms with Gasteiger partial charge in [-0.05, 0) is 19.4 Å². The van der Waals surface area contributed by atoms with Crippen LogP contribution in [0, 0.1) is 0 Å². The smallest absolute Gasteiger partial charge is 0.157 e. The molecule has 0 bridgehead atoms. The third-order valence-corrected chi connectivity index (χ3v) is 2.41. The summed E-state index contributed by atoms with van der Waals surface area (Å²) < 4.78 is 1.73. The summed E-state index contributed by atoms with van der Waals surface area (Å²) in [5, 5.41) is 7.37. The molecule has 0 fully saturated rings. The van der Waals surface area contributed by atoms with E-state index in [-0.39, 0.29) is 0 Å². The van der Waals surface area contributed by atoms with Gasteiger partial charge < -0.3 is 5.32 Å². The van der Waals surface area contributed by atoms with Crippen LogP contribution in [0.5, 0.6) is 0 Å². The number of hydrogen-bond acceptors (Lipinski definition) is 3. The van der Waals surface area contributed by atoms with Gasteiger partial charge in [0.05, 0.1) is 6.20 Å². The predicted octanol–water partition coefficient (Wildman–Crippen LogP) is 2.16. The van der Waals surface area contributed by atoms with E-state index >= 15 is 0 Å². The second-order valence-corrected chi connectivity index (χ2v) is 3.85. The Morgan fingerprint density at radius 1 is 1.53 bits per heavy atom. The molecule has 2 aromatic heterocycles. The van der Waals surface area contributed by atoms with Crippen molar-refractivity contribution in [3.8, 4) is 0 Å². The standard InChI is InChI=1S/C10H13ClN4/c1-8(2-5-11)13-9-4-7-15-10(14-9)3-6-12-15/h3-4,6-8H,2,5H2,1H3,(H,13,14). The lowest BCUT2D eigenvalue weighted by atomic mass is 10.2. The van der Waals surface area contributed by atoms with E-state index in [0.29, 0.717) is 11.9 Å². The quantitative estimate of drug-likeness (QED) is 0.810. The van der Waals surface area contributed by atoms with Crippen LogP contribution in [0.1, 0.15) is 13.3 Å². The first-order chi connectivity index (χ1) is 7.29. The summed E-state index contributed by atoms with van der Waals surface area (Å²) in [6, 6.07) is 4.11. The number of hydrogen-bond donors (Lipinski definition) is 1. The number of anilines is 1. The van der Waals surface area contributed by atoms with E-state index < -0.39 is 0 Å². The van der Waals surface area contributed by atoms with Crippen molar-refractivity contribution in [3.05, 3.63) is 24.5 Å². The highest BCUT2D eigenvalue weighted by Gasteiger charge is 2.03. The van der Waals surface area contributed by atoms with Crippen LogP contribution in [-0.2, 0) is 0 Å². The molecular formula is C10H13ClN4. The number of nitrogens with one attached hydrogen (secondary N) is 1. The molecule has 2 aromatic rings. The Bertz CT molecular complexity index is 440. The minimum Gasteiger partial charge on any atom is -0.367 e. The zero-order valence-corrected chi connectivity index (χ0v) is 9.28. The SMILES string of the molecule is CC(CCCl)Nc1ccn2nccc2n1. The first-order valence-corrected chi connectivity index (χ1v) is 5.46. The number of halogens is 1. The van der Waals surface area contributed by atoms with Crippen LogP contribution in [0.4, 0.5) is 5.82 Å². The molecule has 0 aliphatic heterocycles. The number of rotatable bonds is 4. The van der Waals surface area contributed by atoms with Gasteiger partial charge in [-0.1, -0.05) is 0 Å². The van der Waals surface area contributed by atoms with Gasteiger partial charge in [-0.25, -0.2) is 9.50 Å². The van der Waals surface area contributed by atoms with E-state index in [0.717, 1.165) is 17.9 Å². The lowest BCUT2D eigenvalue weighted by molar-refractivity contribution is 0.763. The van der Waals surface area contributed by atoms with E-state index in [1.54, 1.807) is 10.7 Å². The number of alkyl halides is 1. The summed E-state index contributed by atoms with van der Waals surface area (Å²) in [4.78, 5) is 4.40. The summed E-state index contributed by atoms with van der Waals surface area (Å²) in [5.41, 5.74) is 0.845. The highest BCUT2D eigenvalue weighted by molar-refractivity contribution is 6.17. The van der Waals surface area contributed by atoms with Gasteiger partial charge in [0.1, 0.15) is 5.82 Å². The zero-order valence-electron chi connectivity index (χ0n) is 8.52. The molecule has 0 spiro atoms. The van der Waals surface area contributed by atoms with Crippen LogP contribution in [-0.4, -0.2) is 26.5 Å². The first-order valence-electron chi connectivity index (χ1n) is 4.92. The van der Waals surface area contributed by atoms with Crippen molar-refractivity contribution in [1.29, 1.82) is 0 Å². The molecule has 1 unspecified atom stereocenters. The van der Waals surface area contributed by atoms with Crippen molar-refractivity contribution in [1.82, 2.24) is 14.6 Å². The maximum atomic E-state index is 5.67. The lowest BCUT2D eigenvalue weighted by Crippen LogP contribution is -2.16. The number of fused-ring (bicyclic) bond motifs is 1. The lowest BCUT2D eigenvalue weighted by Gasteiger charge is -2.12. The van der Waals surface area contributed by atoms with E-state index in [1.165, 1.54) is 0 Å². The monoisotopic (exact) mass is 224 g/mol. The fraction of sp³-hybridized carbons (Fsp3) is 0.400. The predicted molar refractivity (Wildman–Crippen MR) is 61.4 cm³/mol. The summed E-state index contributed by atoms with van der Waals surface area (Å²) in [6.07, 6.45) is 4.54. The van der Waals surface area contributed by atoms with Crippen LogP contribution in [0.2, 0.25) is 0 Å². The Labute approximate surface area is 93.3 Å². The molecule has 5 heteroatoms. The Balaban J connectivity index is 2.14. The van der Waals surface area contributed by atoms with Crippen molar-refractivity contribution in [2.75, 3.05) is 11.2 Å². The maximum Gasteiger partial charge on any atom is 0.157 e. The van der Waals surface area contributed by atoms with Gasteiger partial charge in [-0.2, -0.15) is 5.10 Å². The first kappa shape index (κ1) is 10.2. The molecule has 15 heavy (non-hydrogen) atoms. The molecule has 80 valence electrons. The molecule has 0 saturated carbocycles. The van der Waals surface area contributed by atoms with Gasteiger partial charge in [0.25, 0.3) is 0 Å². The fourth-order valence-electron chi connectivity index (χ4n) is 1.38. The van der Waals surface area contributed by atoms with Crippen LogP contribution < -0.4 is 5.32 Å². The third kappa shape index (κ3) is 2.39. The van der Waals surface area contributed by atoms with Crippen LogP contribution in [0.15, 0.2) is 24.5 Å². The Morgan fingerprint density at radius 3 is 3.20 bits per heavy atom. The van der Waals surface area contributed by atoms with E-state index in [2.05, 4.69) is 22.3 Å². The van der Waals surface area contributed by atoms with Crippen molar-refractivity contribution < 1.29 is 0 Å². The van der Waals surface area contributed by atoms with Crippen molar-refractivity contribution in [3.63, 3.8) is 0 Å². The molecular weight excluding hydrogens is 212 g/mol. The maximum absolute atomic E-state index is 5.67. The number of aromatic nitrogens is 3. The van der Waals surface area contributed by atoms with Gasteiger partial charge in [-0.3, -0.25) is 0 Å². The summed E-state index contributed by atoms with van der Waals surface area (Å²) in [5.74, 6) is 1.52. The van der Waals surface area contributed by atoms with Gasteiger partial charge >= 0.3 is 0 Å². The minimum atomic E-state index is 0.334. The highest BCUT2D eigenvalue weighted by Crippen LogP contribution is 2.08. The molecule has 0 saturated heterocycles. The van der Waals surface area contributed by atoms with E-state index in [1.807, 2.05) is 18.3 Å². The molecule has 0 aliphatic carbocycles. The molecule has 1 N–H and O–H groups in total. The molecule has 0 aromatic carbocycles. The highest BCUT2D eigenvalue weighted by atomic mass is 35.5. The molecule has 2 heterocycles. The summed E-state index contributed by atoms with van der Waals surface area (Å²) in [7, 11) is 0. The Hall–Kier alpha value is -1.29. The summed E-state index contributed by atoms with van der Waals surface area (Å²) >= 11 is 5.67. The van der Waals surface area contributed by atoms with Crippen LogP contribution >= 0.6 is 11.6 Å². The summed E-state index contributed by atoms with van der Waals surface area (Å²) in [6.45, 7) is 2.09. The van der Waals surface area contributed by atoms with Gasteiger partial charge in [-0.15, -0.1) is 11.6 Å². The van der Waals surface area contributed by atoms with Crippen molar-refractivity contribution >= 4 is 23.1 Å². The average molecular weight is 225 g/mol. The normalized spacial score (nSPS) is 12.9. The third-order valence-electron chi connectivity index (χ3n) is 2.19. The largest absolute Gasteiger partial charge is 0.367 e. The second-order valence-electron chi connectivity index (χ2n) is 3.47. The number of nitrogens with zero attached hydrogens (tertiary/aromatic N) is 3.